The second-order valence-corrected chi connectivity index (χ2v) is 4.80. The van der Waals surface area contributed by atoms with E-state index in [-0.39, 0.29) is 5.91 Å². The van der Waals surface area contributed by atoms with Gasteiger partial charge in [0.05, 0.1) is 12.5 Å². The van der Waals surface area contributed by atoms with E-state index in [4.69, 9.17) is 5.11 Å². The second kappa shape index (κ2) is 6.00. The van der Waals surface area contributed by atoms with Gasteiger partial charge in [-0.3, -0.25) is 14.5 Å². The van der Waals surface area contributed by atoms with Crippen LogP contribution in [-0.4, -0.2) is 59.5 Å². The summed E-state index contributed by atoms with van der Waals surface area (Å²) in [6.07, 6.45) is 2.19. The van der Waals surface area contributed by atoms with Gasteiger partial charge < -0.3 is 10.0 Å². The van der Waals surface area contributed by atoms with Gasteiger partial charge in [-0.15, -0.1) is 0 Å². The monoisotopic (exact) mass is 242 g/mol. The third kappa shape index (κ3) is 4.34. The Labute approximate surface area is 102 Å². The summed E-state index contributed by atoms with van der Waals surface area (Å²) in [5.41, 5.74) is 0. The van der Waals surface area contributed by atoms with Crippen LogP contribution in [0.3, 0.4) is 0 Å². The summed E-state index contributed by atoms with van der Waals surface area (Å²) >= 11 is 0. The quantitative estimate of drug-likeness (QED) is 0.712. The van der Waals surface area contributed by atoms with Gasteiger partial charge in [0, 0.05) is 19.6 Å². The zero-order chi connectivity index (χ0) is 13.0. The number of aliphatic carboxylic acids is 1. The van der Waals surface area contributed by atoms with Gasteiger partial charge in [0.2, 0.25) is 5.91 Å². The number of hydrogen-bond acceptors (Lipinski definition) is 3. The van der Waals surface area contributed by atoms with Crippen LogP contribution in [0.5, 0.6) is 0 Å². The van der Waals surface area contributed by atoms with Gasteiger partial charge in [-0.05, 0) is 19.4 Å². The summed E-state index contributed by atoms with van der Waals surface area (Å²) in [4.78, 5) is 26.3. The molecule has 1 N–H and O–H groups in total. The van der Waals surface area contributed by atoms with Crippen LogP contribution < -0.4 is 0 Å². The third-order valence-corrected chi connectivity index (χ3v) is 3.25. The van der Waals surface area contributed by atoms with Crippen LogP contribution in [0.4, 0.5) is 0 Å². The smallest absolute Gasteiger partial charge is 0.307 e. The van der Waals surface area contributed by atoms with E-state index in [1.807, 2.05) is 18.9 Å². The van der Waals surface area contributed by atoms with Crippen molar-refractivity contribution in [1.29, 1.82) is 0 Å². The van der Waals surface area contributed by atoms with Crippen LogP contribution >= 0.6 is 0 Å². The van der Waals surface area contributed by atoms with Crippen LogP contribution in [0.2, 0.25) is 0 Å². The fourth-order valence-electron chi connectivity index (χ4n) is 1.74. The molecular weight excluding hydrogens is 220 g/mol. The highest BCUT2D eigenvalue weighted by Crippen LogP contribution is 2.25. The Hall–Kier alpha value is -1.10. The number of carboxylic acids is 1. The Kier molecular flexibility index (Phi) is 4.93. The highest BCUT2D eigenvalue weighted by atomic mass is 16.4. The van der Waals surface area contributed by atoms with Gasteiger partial charge in [0.25, 0.3) is 0 Å². The van der Waals surface area contributed by atoms with Crippen LogP contribution in [0.25, 0.3) is 0 Å². The minimum Gasteiger partial charge on any atom is -0.481 e. The molecule has 0 bridgehead atoms. The molecule has 0 aromatic carbocycles. The van der Waals surface area contributed by atoms with Crippen molar-refractivity contribution in [3.63, 3.8) is 0 Å². The predicted octanol–water partition coefficient (Wildman–Crippen LogP) is 0.650. The Balaban J connectivity index is 2.39. The minimum atomic E-state index is -0.813. The first-order valence-corrected chi connectivity index (χ1v) is 6.16. The fraction of sp³-hybridized carbons (Fsp3) is 0.833. The van der Waals surface area contributed by atoms with Crippen molar-refractivity contribution in [3.8, 4) is 0 Å². The number of carbonyl (C=O) groups excluding carboxylic acids is 1. The molecule has 1 amide bonds. The van der Waals surface area contributed by atoms with E-state index < -0.39 is 11.9 Å². The van der Waals surface area contributed by atoms with Gasteiger partial charge in [-0.25, -0.2) is 0 Å². The lowest BCUT2D eigenvalue weighted by atomic mass is 10.1. The average Bonchev–Trinajstić information content (AvgIpc) is 3.10. The summed E-state index contributed by atoms with van der Waals surface area (Å²) in [7, 11) is 1.83. The number of carboxylic acid groups (broad SMARTS) is 1. The molecule has 1 fully saturated rings. The zero-order valence-corrected chi connectivity index (χ0v) is 10.8. The van der Waals surface area contributed by atoms with Crippen LogP contribution in [0.15, 0.2) is 0 Å². The molecule has 0 heterocycles. The molecule has 1 saturated carbocycles. The Morgan fingerprint density at radius 3 is 2.41 bits per heavy atom. The van der Waals surface area contributed by atoms with Crippen LogP contribution in [0.1, 0.15) is 26.7 Å². The van der Waals surface area contributed by atoms with Crippen molar-refractivity contribution in [1.82, 2.24) is 9.80 Å². The van der Waals surface area contributed by atoms with E-state index in [2.05, 4.69) is 0 Å². The molecule has 0 aromatic rings. The fourth-order valence-corrected chi connectivity index (χ4v) is 1.74. The summed E-state index contributed by atoms with van der Waals surface area (Å²) < 4.78 is 0. The highest BCUT2D eigenvalue weighted by Gasteiger charge is 2.30. The molecule has 1 unspecified atom stereocenters. The van der Waals surface area contributed by atoms with Crippen molar-refractivity contribution < 1.29 is 14.7 Å². The van der Waals surface area contributed by atoms with Gasteiger partial charge >= 0.3 is 5.97 Å². The van der Waals surface area contributed by atoms with E-state index in [1.165, 1.54) is 0 Å². The molecule has 98 valence electrons. The number of hydrogen-bond donors (Lipinski definition) is 1. The zero-order valence-electron chi connectivity index (χ0n) is 10.8. The molecule has 0 aromatic heterocycles. The van der Waals surface area contributed by atoms with Gasteiger partial charge in [0.15, 0.2) is 0 Å². The third-order valence-electron chi connectivity index (χ3n) is 3.25. The second-order valence-electron chi connectivity index (χ2n) is 4.80. The number of amides is 1. The minimum absolute atomic E-state index is 0.0898. The summed E-state index contributed by atoms with van der Waals surface area (Å²) in [5.74, 6) is -1.16. The standard InChI is InChI=1S/C12H22N2O3/c1-4-14(7-9(2)12(16)17)8-11(15)13(3)10-5-6-10/h9-10H,4-8H2,1-3H3,(H,16,17). The molecule has 1 rings (SSSR count). The molecule has 17 heavy (non-hydrogen) atoms. The first-order chi connectivity index (χ1) is 7.95. The SMILES string of the molecule is CCN(CC(=O)N(C)C1CC1)CC(C)C(=O)O. The van der Waals surface area contributed by atoms with Crippen LogP contribution in [0, 0.1) is 5.92 Å². The number of likely N-dealkylation sites (N-methyl/N-ethyl adjacent to an activating group) is 2. The topological polar surface area (TPSA) is 60.9 Å². The lowest BCUT2D eigenvalue weighted by Gasteiger charge is -2.25. The van der Waals surface area contributed by atoms with Crippen LogP contribution in [-0.2, 0) is 9.59 Å². The van der Waals surface area contributed by atoms with Gasteiger partial charge in [-0.2, -0.15) is 0 Å². The summed E-state index contributed by atoms with van der Waals surface area (Å²) in [6, 6.07) is 0.415. The largest absolute Gasteiger partial charge is 0.481 e. The molecule has 0 aliphatic heterocycles. The van der Waals surface area contributed by atoms with Crippen molar-refractivity contribution in [2.45, 2.75) is 32.7 Å². The molecule has 1 atom stereocenters. The first kappa shape index (κ1) is 14.0. The number of nitrogens with zero attached hydrogens (tertiary/aromatic N) is 2. The maximum absolute atomic E-state index is 11.9. The van der Waals surface area contributed by atoms with Gasteiger partial charge in [0.1, 0.15) is 0 Å². The van der Waals surface area contributed by atoms with Gasteiger partial charge in [-0.1, -0.05) is 13.8 Å². The first-order valence-electron chi connectivity index (χ1n) is 6.16. The van der Waals surface area contributed by atoms with Crippen molar-refractivity contribution in [2.75, 3.05) is 26.7 Å². The maximum Gasteiger partial charge on any atom is 0.307 e. The number of carbonyl (C=O) groups is 2. The van der Waals surface area contributed by atoms with E-state index in [0.717, 1.165) is 12.8 Å². The van der Waals surface area contributed by atoms with Crippen molar-refractivity contribution >= 4 is 11.9 Å². The molecule has 5 nitrogen and oxygen atoms in total. The van der Waals surface area contributed by atoms with E-state index in [9.17, 15) is 9.59 Å². The Bertz CT molecular complexity index is 289. The highest BCUT2D eigenvalue weighted by molar-refractivity contribution is 5.78. The Morgan fingerprint density at radius 2 is 2.00 bits per heavy atom. The summed E-state index contributed by atoms with van der Waals surface area (Å²) in [5, 5.41) is 8.85. The molecule has 0 spiro atoms. The normalized spacial score (nSPS) is 16.9. The molecule has 0 saturated heterocycles. The Morgan fingerprint density at radius 1 is 1.41 bits per heavy atom. The predicted molar refractivity (Wildman–Crippen MR) is 64.7 cm³/mol. The van der Waals surface area contributed by atoms with Crippen molar-refractivity contribution in [2.24, 2.45) is 5.92 Å². The lowest BCUT2D eigenvalue weighted by Crippen LogP contribution is -2.41. The number of rotatable bonds is 7. The summed E-state index contributed by atoms with van der Waals surface area (Å²) in [6.45, 7) is 5.05. The molecular formula is C12H22N2O3. The molecule has 0 radical (unpaired) electrons. The van der Waals surface area contributed by atoms with E-state index >= 15 is 0 Å². The van der Waals surface area contributed by atoms with E-state index in [0.29, 0.717) is 25.7 Å². The average molecular weight is 242 g/mol. The maximum atomic E-state index is 11.9. The van der Waals surface area contributed by atoms with Crippen molar-refractivity contribution in [3.05, 3.63) is 0 Å². The molecule has 1 aliphatic carbocycles. The lowest BCUT2D eigenvalue weighted by molar-refractivity contribution is -0.142. The molecule has 1 aliphatic rings. The molecule has 5 heteroatoms. The van der Waals surface area contributed by atoms with E-state index in [1.54, 1.807) is 11.8 Å².